The topological polar surface area (TPSA) is 62.3 Å². The molecule has 1 aliphatic heterocycles. The largest absolute Gasteiger partial charge is 0.488 e. The van der Waals surface area contributed by atoms with Crippen molar-refractivity contribution in [1.29, 1.82) is 5.41 Å². The molecule has 98 valence electrons. The Labute approximate surface area is 108 Å². The fourth-order valence-electron chi connectivity index (χ4n) is 2.30. The van der Waals surface area contributed by atoms with E-state index in [2.05, 4.69) is 24.0 Å². The van der Waals surface area contributed by atoms with Gasteiger partial charge in [-0.2, -0.15) is 0 Å². The molecule has 1 unspecified atom stereocenters. The summed E-state index contributed by atoms with van der Waals surface area (Å²) < 4.78 is 5.92. The van der Waals surface area contributed by atoms with Crippen LogP contribution in [0, 0.1) is 5.41 Å². The van der Waals surface area contributed by atoms with Gasteiger partial charge in [-0.05, 0) is 18.2 Å². The molecular formula is C14H21N3O. The Bertz CT molecular complexity index is 394. The number of para-hydroxylation sites is 1. The maximum Gasteiger partial charge on any atom is 0.123 e. The van der Waals surface area contributed by atoms with E-state index in [9.17, 15) is 0 Å². The van der Waals surface area contributed by atoms with E-state index in [-0.39, 0.29) is 11.9 Å². The number of nitrogens with one attached hydrogen (secondary N) is 1. The molecule has 0 saturated carbocycles. The van der Waals surface area contributed by atoms with Crippen LogP contribution < -0.4 is 10.5 Å². The second kappa shape index (κ2) is 5.87. The van der Waals surface area contributed by atoms with Crippen LogP contribution in [0.1, 0.15) is 18.9 Å². The molecule has 4 nitrogen and oxygen atoms in total. The van der Waals surface area contributed by atoms with E-state index in [1.54, 1.807) is 0 Å². The molecule has 3 N–H and O–H groups in total. The van der Waals surface area contributed by atoms with Gasteiger partial charge in [-0.3, -0.25) is 10.3 Å². The molecule has 1 atom stereocenters. The van der Waals surface area contributed by atoms with Crippen molar-refractivity contribution in [1.82, 2.24) is 4.90 Å². The third-order valence-electron chi connectivity index (χ3n) is 3.32. The zero-order valence-corrected chi connectivity index (χ0v) is 10.9. The summed E-state index contributed by atoms with van der Waals surface area (Å²) in [6.07, 6.45) is 1.84. The zero-order valence-electron chi connectivity index (χ0n) is 10.9. The molecule has 0 aliphatic carbocycles. The monoisotopic (exact) mass is 247 g/mol. The number of hydrogen-bond acceptors (Lipinski definition) is 3. The van der Waals surface area contributed by atoms with Crippen molar-refractivity contribution in [2.75, 3.05) is 19.6 Å². The lowest BCUT2D eigenvalue weighted by Crippen LogP contribution is -2.36. The molecule has 1 aliphatic rings. The summed E-state index contributed by atoms with van der Waals surface area (Å²) in [4.78, 5) is 2.29. The molecule has 4 heteroatoms. The molecule has 18 heavy (non-hydrogen) atoms. The fraction of sp³-hybridized carbons (Fsp3) is 0.500. The third-order valence-corrected chi connectivity index (χ3v) is 3.32. The number of rotatable bonds is 6. The first-order valence-corrected chi connectivity index (χ1v) is 6.49. The minimum Gasteiger partial charge on any atom is -0.488 e. The third kappa shape index (κ3) is 3.23. The van der Waals surface area contributed by atoms with E-state index in [1.807, 2.05) is 12.1 Å². The minimum atomic E-state index is 0.231. The minimum absolute atomic E-state index is 0.231. The van der Waals surface area contributed by atoms with E-state index >= 15 is 0 Å². The molecule has 0 aromatic heterocycles. The second-order valence-corrected chi connectivity index (χ2v) is 4.72. The molecule has 0 radical (unpaired) electrons. The standard InChI is InChI=1S/C14H21N3O/c1-2-17(8-7-14(15)16)10-12-9-11-5-3-4-6-13(11)18-12/h3-6,12H,2,7-10H2,1H3,(H3,15,16). The SMILES string of the molecule is CCN(CCC(=N)N)CC1Cc2ccccc2O1. The molecule has 0 saturated heterocycles. The lowest BCUT2D eigenvalue weighted by Gasteiger charge is -2.23. The van der Waals surface area contributed by atoms with Crippen molar-refractivity contribution in [3.8, 4) is 5.75 Å². The van der Waals surface area contributed by atoms with E-state index in [0.717, 1.165) is 31.8 Å². The van der Waals surface area contributed by atoms with Crippen LogP contribution >= 0.6 is 0 Å². The van der Waals surface area contributed by atoms with E-state index in [4.69, 9.17) is 15.9 Å². The van der Waals surface area contributed by atoms with Gasteiger partial charge in [0.05, 0.1) is 5.84 Å². The van der Waals surface area contributed by atoms with Crippen LogP contribution in [-0.4, -0.2) is 36.5 Å². The van der Waals surface area contributed by atoms with Crippen LogP contribution in [0.5, 0.6) is 5.75 Å². The molecular weight excluding hydrogens is 226 g/mol. The summed E-state index contributed by atoms with van der Waals surface area (Å²) in [5.74, 6) is 1.27. The highest BCUT2D eigenvalue weighted by Gasteiger charge is 2.23. The van der Waals surface area contributed by atoms with Crippen molar-refractivity contribution in [2.24, 2.45) is 5.73 Å². The number of nitrogens with zero attached hydrogens (tertiary/aromatic N) is 1. The second-order valence-electron chi connectivity index (χ2n) is 4.72. The quantitative estimate of drug-likeness (QED) is 0.593. The summed E-state index contributed by atoms with van der Waals surface area (Å²) in [6.45, 7) is 4.83. The first-order valence-electron chi connectivity index (χ1n) is 6.49. The normalized spacial score (nSPS) is 17.6. The lowest BCUT2D eigenvalue weighted by atomic mass is 10.1. The summed E-state index contributed by atoms with van der Waals surface area (Å²) >= 11 is 0. The molecule has 0 fully saturated rings. The van der Waals surface area contributed by atoms with Gasteiger partial charge in [0.1, 0.15) is 11.9 Å². The fourth-order valence-corrected chi connectivity index (χ4v) is 2.30. The van der Waals surface area contributed by atoms with Gasteiger partial charge in [0.25, 0.3) is 0 Å². The Morgan fingerprint density at radius 3 is 2.94 bits per heavy atom. The predicted octanol–water partition coefficient (Wildman–Crippen LogP) is 1.64. The number of likely N-dealkylation sites (N-methyl/N-ethyl adjacent to an activating group) is 1. The average Bonchev–Trinajstić information content (AvgIpc) is 2.76. The van der Waals surface area contributed by atoms with Crippen LogP contribution in [-0.2, 0) is 6.42 Å². The summed E-state index contributed by atoms with van der Waals surface area (Å²) in [5, 5.41) is 7.27. The Balaban J connectivity index is 1.85. The molecule has 0 spiro atoms. The van der Waals surface area contributed by atoms with Crippen LogP contribution in [0.15, 0.2) is 24.3 Å². The van der Waals surface area contributed by atoms with Gasteiger partial charge in [-0.15, -0.1) is 0 Å². The van der Waals surface area contributed by atoms with Crippen molar-refractivity contribution < 1.29 is 4.74 Å². The molecule has 2 rings (SSSR count). The van der Waals surface area contributed by atoms with Gasteiger partial charge in [0.2, 0.25) is 0 Å². The highest BCUT2D eigenvalue weighted by molar-refractivity contribution is 5.76. The Hall–Kier alpha value is -1.55. The first kappa shape index (κ1) is 12.9. The number of benzene rings is 1. The highest BCUT2D eigenvalue weighted by Crippen LogP contribution is 2.28. The number of amidine groups is 1. The van der Waals surface area contributed by atoms with E-state index in [0.29, 0.717) is 6.42 Å². The van der Waals surface area contributed by atoms with Gasteiger partial charge in [0, 0.05) is 25.9 Å². The van der Waals surface area contributed by atoms with Gasteiger partial charge < -0.3 is 10.5 Å². The summed E-state index contributed by atoms with van der Waals surface area (Å²) in [7, 11) is 0. The smallest absolute Gasteiger partial charge is 0.123 e. The highest BCUT2D eigenvalue weighted by atomic mass is 16.5. The van der Waals surface area contributed by atoms with Gasteiger partial charge in [0.15, 0.2) is 0 Å². The van der Waals surface area contributed by atoms with Crippen molar-refractivity contribution in [3.05, 3.63) is 29.8 Å². The van der Waals surface area contributed by atoms with Crippen LogP contribution in [0.4, 0.5) is 0 Å². The number of ether oxygens (including phenoxy) is 1. The predicted molar refractivity (Wildman–Crippen MR) is 73.2 cm³/mol. The molecule has 0 bridgehead atoms. The Kier molecular flexibility index (Phi) is 4.20. The van der Waals surface area contributed by atoms with E-state index < -0.39 is 0 Å². The van der Waals surface area contributed by atoms with Crippen molar-refractivity contribution in [3.63, 3.8) is 0 Å². The van der Waals surface area contributed by atoms with E-state index in [1.165, 1.54) is 5.56 Å². The molecule has 1 aromatic carbocycles. The number of fused-ring (bicyclic) bond motifs is 1. The lowest BCUT2D eigenvalue weighted by molar-refractivity contribution is 0.156. The number of nitrogens with two attached hydrogens (primary N) is 1. The zero-order chi connectivity index (χ0) is 13.0. The van der Waals surface area contributed by atoms with Gasteiger partial charge in [-0.1, -0.05) is 25.1 Å². The Morgan fingerprint density at radius 2 is 2.28 bits per heavy atom. The van der Waals surface area contributed by atoms with Gasteiger partial charge in [-0.25, -0.2) is 0 Å². The maximum absolute atomic E-state index is 7.27. The first-order chi connectivity index (χ1) is 8.69. The Morgan fingerprint density at radius 1 is 1.50 bits per heavy atom. The maximum atomic E-state index is 7.27. The van der Waals surface area contributed by atoms with Crippen LogP contribution in [0.2, 0.25) is 0 Å². The van der Waals surface area contributed by atoms with Crippen LogP contribution in [0.25, 0.3) is 0 Å². The van der Waals surface area contributed by atoms with Gasteiger partial charge >= 0.3 is 0 Å². The summed E-state index contributed by atoms with van der Waals surface area (Å²) in [6, 6.07) is 8.22. The number of hydrogen-bond donors (Lipinski definition) is 2. The van der Waals surface area contributed by atoms with Crippen LogP contribution in [0.3, 0.4) is 0 Å². The van der Waals surface area contributed by atoms with Crippen molar-refractivity contribution >= 4 is 5.84 Å². The van der Waals surface area contributed by atoms with Crippen molar-refractivity contribution in [2.45, 2.75) is 25.9 Å². The molecule has 1 aromatic rings. The average molecular weight is 247 g/mol. The summed E-state index contributed by atoms with van der Waals surface area (Å²) in [5.41, 5.74) is 6.69. The molecule has 0 amide bonds. The molecule has 1 heterocycles.